The first kappa shape index (κ1) is 5.67. The molecule has 0 saturated carbocycles. The van der Waals surface area contributed by atoms with E-state index in [1.165, 1.54) is 0 Å². The summed E-state index contributed by atoms with van der Waals surface area (Å²) in [6.45, 7) is 0. The Morgan fingerprint density at radius 2 is 2.12 bits per heavy atom. The van der Waals surface area contributed by atoms with Gasteiger partial charge in [0.05, 0.1) is 0 Å². The molecule has 0 bridgehead atoms. The van der Waals surface area contributed by atoms with Gasteiger partial charge in [-0.2, -0.15) is 0 Å². The van der Waals surface area contributed by atoms with Gasteiger partial charge in [-0.05, 0) is 0 Å². The van der Waals surface area contributed by atoms with Crippen LogP contribution in [0.5, 0.6) is 0 Å². The first-order valence-corrected chi connectivity index (χ1v) is 3.32. The summed E-state index contributed by atoms with van der Waals surface area (Å²) in [7, 11) is 0. The van der Waals surface area contributed by atoms with E-state index in [9.17, 15) is 0 Å². The molecule has 1 aliphatic rings. The molecule has 1 N–H and O–H groups in total. The number of allylic oxidation sites excluding steroid dienone is 4. The molecule has 0 aromatic heterocycles. The van der Waals surface area contributed by atoms with Crippen LogP contribution in [0.2, 0.25) is 0 Å². The Morgan fingerprint density at radius 3 is 3.00 bits per heavy atom. The molecule has 1 heterocycles. The maximum atomic E-state index is 3.03. The molecular formula is C6H7NSe. The van der Waals surface area contributed by atoms with Crippen molar-refractivity contribution in [3.05, 3.63) is 35.1 Å². The monoisotopic (exact) mass is 173 g/mol. The van der Waals surface area contributed by atoms with E-state index in [-0.39, 0.29) is 0 Å². The zero-order valence-corrected chi connectivity index (χ0v) is 6.21. The summed E-state index contributed by atoms with van der Waals surface area (Å²) < 4.78 is 1.11. The van der Waals surface area contributed by atoms with E-state index in [0.717, 1.165) is 4.60 Å². The second kappa shape index (κ2) is 2.75. The molecule has 1 rings (SSSR count). The minimum absolute atomic E-state index is 1.11. The third-order valence-corrected chi connectivity index (χ3v) is 1.39. The fourth-order valence-electron chi connectivity index (χ4n) is 0.448. The maximum absolute atomic E-state index is 3.03. The summed E-state index contributed by atoms with van der Waals surface area (Å²) in [6.07, 6.45) is 9.82. The first-order valence-electron chi connectivity index (χ1n) is 2.38. The van der Waals surface area contributed by atoms with Gasteiger partial charge < -0.3 is 0 Å². The van der Waals surface area contributed by atoms with Gasteiger partial charge >= 0.3 is 56.4 Å². The van der Waals surface area contributed by atoms with Crippen LogP contribution < -0.4 is 5.32 Å². The van der Waals surface area contributed by atoms with Gasteiger partial charge in [0.15, 0.2) is 0 Å². The van der Waals surface area contributed by atoms with Crippen LogP contribution >= 0.6 is 0 Å². The number of hydrogen-bond acceptors (Lipinski definition) is 1. The van der Waals surface area contributed by atoms with Gasteiger partial charge in [-0.25, -0.2) is 0 Å². The van der Waals surface area contributed by atoms with Gasteiger partial charge in [-0.1, -0.05) is 0 Å². The molecular weight excluding hydrogens is 165 g/mol. The number of nitrogens with one attached hydrogen (secondary N) is 1. The summed E-state index contributed by atoms with van der Waals surface area (Å²) in [6, 6.07) is 0. The van der Waals surface area contributed by atoms with Crippen molar-refractivity contribution < 1.29 is 0 Å². The van der Waals surface area contributed by atoms with Gasteiger partial charge in [0, 0.05) is 0 Å². The van der Waals surface area contributed by atoms with Crippen LogP contribution in [0.4, 0.5) is 0 Å². The zero-order valence-electron chi connectivity index (χ0n) is 4.33. The van der Waals surface area contributed by atoms with E-state index in [1.54, 1.807) is 0 Å². The molecule has 8 heavy (non-hydrogen) atoms. The predicted molar refractivity (Wildman–Crippen MR) is 36.6 cm³/mol. The summed E-state index contributed by atoms with van der Waals surface area (Å²) in [5, 5.41) is 3.03. The summed E-state index contributed by atoms with van der Waals surface area (Å²) in [5.41, 5.74) is 0. The van der Waals surface area contributed by atoms with Gasteiger partial charge in [-0.15, -0.1) is 0 Å². The van der Waals surface area contributed by atoms with Crippen molar-refractivity contribution in [1.82, 2.24) is 5.32 Å². The standard InChI is InChI=1S/C6H7NSe/c8-6-4-2-1-3-5-7-6/h1-5,7-8H. The summed E-state index contributed by atoms with van der Waals surface area (Å²) >= 11 is 2.45. The SMILES string of the molecule is [SeH]C1=CC=CC=CN1. The molecule has 0 aromatic rings. The van der Waals surface area contributed by atoms with E-state index in [0.29, 0.717) is 0 Å². The molecule has 0 saturated heterocycles. The topological polar surface area (TPSA) is 12.0 Å². The molecule has 2 heteroatoms. The molecule has 0 fully saturated rings. The second-order valence-corrected chi connectivity index (χ2v) is 2.45. The van der Waals surface area contributed by atoms with E-state index in [4.69, 9.17) is 0 Å². The Labute approximate surface area is 57.0 Å². The third-order valence-electron chi connectivity index (χ3n) is 0.804. The number of rotatable bonds is 0. The summed E-state index contributed by atoms with van der Waals surface area (Å²) in [5.74, 6) is 0. The predicted octanol–water partition coefficient (Wildman–Crippen LogP) is 0.402. The van der Waals surface area contributed by atoms with E-state index < -0.39 is 0 Å². The molecule has 0 atom stereocenters. The van der Waals surface area contributed by atoms with Gasteiger partial charge in [-0.3, -0.25) is 0 Å². The van der Waals surface area contributed by atoms with Crippen molar-refractivity contribution in [1.29, 1.82) is 0 Å². The average molecular weight is 172 g/mol. The van der Waals surface area contributed by atoms with E-state index in [2.05, 4.69) is 21.3 Å². The van der Waals surface area contributed by atoms with Crippen LogP contribution in [0.15, 0.2) is 35.1 Å². The molecule has 0 amide bonds. The molecule has 0 aliphatic carbocycles. The Balaban J connectivity index is 2.69. The minimum atomic E-state index is 1.11. The van der Waals surface area contributed by atoms with Crippen molar-refractivity contribution in [2.75, 3.05) is 0 Å². The van der Waals surface area contributed by atoms with Gasteiger partial charge in [0.25, 0.3) is 0 Å². The van der Waals surface area contributed by atoms with Crippen molar-refractivity contribution >= 4 is 16.0 Å². The molecule has 0 spiro atoms. The summed E-state index contributed by atoms with van der Waals surface area (Å²) in [4.78, 5) is 0. The Hall–Kier alpha value is -0.461. The third kappa shape index (κ3) is 1.57. The van der Waals surface area contributed by atoms with Crippen LogP contribution in [0.25, 0.3) is 0 Å². The zero-order chi connectivity index (χ0) is 5.82. The van der Waals surface area contributed by atoms with E-state index >= 15 is 0 Å². The van der Waals surface area contributed by atoms with Crippen LogP contribution in [0.3, 0.4) is 0 Å². The fraction of sp³-hybridized carbons (Fsp3) is 0. The Bertz CT molecular complexity index is 156. The van der Waals surface area contributed by atoms with E-state index in [1.807, 2.05) is 30.5 Å². The van der Waals surface area contributed by atoms with Crippen LogP contribution in [-0.4, -0.2) is 16.0 Å². The molecule has 1 aliphatic heterocycles. The fourth-order valence-corrected chi connectivity index (χ4v) is 0.785. The average Bonchev–Trinajstić information content (AvgIpc) is 1.94. The molecule has 0 aromatic carbocycles. The quantitative estimate of drug-likeness (QED) is 0.521. The molecule has 1 nitrogen and oxygen atoms in total. The van der Waals surface area contributed by atoms with Gasteiger partial charge in [0.1, 0.15) is 0 Å². The Morgan fingerprint density at radius 1 is 1.25 bits per heavy atom. The first-order chi connectivity index (χ1) is 3.89. The normalized spacial score (nSPS) is 16.9. The van der Waals surface area contributed by atoms with Gasteiger partial charge in [0.2, 0.25) is 0 Å². The van der Waals surface area contributed by atoms with Crippen molar-refractivity contribution in [2.45, 2.75) is 0 Å². The molecule has 0 radical (unpaired) electrons. The van der Waals surface area contributed by atoms with Crippen molar-refractivity contribution in [2.24, 2.45) is 0 Å². The number of hydrogen-bond donors (Lipinski definition) is 1. The van der Waals surface area contributed by atoms with Crippen LogP contribution in [-0.2, 0) is 0 Å². The van der Waals surface area contributed by atoms with Crippen molar-refractivity contribution in [3.63, 3.8) is 0 Å². The second-order valence-electron chi connectivity index (χ2n) is 1.44. The van der Waals surface area contributed by atoms with Crippen LogP contribution in [0.1, 0.15) is 0 Å². The Kier molecular flexibility index (Phi) is 1.95. The van der Waals surface area contributed by atoms with Crippen molar-refractivity contribution in [3.8, 4) is 0 Å². The molecule has 42 valence electrons. The molecule has 0 unspecified atom stereocenters. The van der Waals surface area contributed by atoms with Crippen LogP contribution in [0, 0.1) is 0 Å².